The second-order valence-electron chi connectivity index (χ2n) is 7.93. The maximum Gasteiger partial charge on any atom is 0.339 e. The van der Waals surface area contributed by atoms with Crippen LogP contribution in [-0.4, -0.2) is 23.5 Å². The molecule has 1 aromatic carbocycles. The first-order valence-electron chi connectivity index (χ1n) is 11.7. The minimum Gasteiger partial charge on any atom is -0.460 e. The third kappa shape index (κ3) is 12.6. The van der Waals surface area contributed by atoms with E-state index >= 15 is 0 Å². The Balaban J connectivity index is 2.23. The summed E-state index contributed by atoms with van der Waals surface area (Å²) >= 11 is 0. The van der Waals surface area contributed by atoms with Gasteiger partial charge in [-0.3, -0.25) is 0 Å². The molecule has 0 amide bonds. The molecule has 1 aromatic rings. The average molecular weight is 417 g/mol. The van der Waals surface area contributed by atoms with E-state index in [1.807, 2.05) is 6.07 Å². The van der Waals surface area contributed by atoms with Crippen LogP contribution in [0.1, 0.15) is 102 Å². The van der Waals surface area contributed by atoms with E-state index in [1.54, 1.807) is 24.3 Å². The smallest absolute Gasteiger partial charge is 0.339 e. The summed E-state index contributed by atoms with van der Waals surface area (Å²) in [5.41, 5.74) is 0.520. The second-order valence-corrected chi connectivity index (χ2v) is 7.93. The van der Waals surface area contributed by atoms with Gasteiger partial charge in [0.15, 0.2) is 6.10 Å². The summed E-state index contributed by atoms with van der Waals surface area (Å²) in [6.07, 6.45) is 17.4. The zero-order valence-electron chi connectivity index (χ0n) is 18.6. The molecule has 1 N–H and O–H groups in total. The van der Waals surface area contributed by atoms with Crippen molar-refractivity contribution < 1.29 is 19.4 Å². The summed E-state index contributed by atoms with van der Waals surface area (Å²) in [6.45, 7) is 2.24. The maximum atomic E-state index is 12.3. The SMILES string of the molecule is CCCCCCCC/C=C\CCCCC(CCC=O)OC(=O)C(O)c1ccccc1. The van der Waals surface area contributed by atoms with E-state index in [0.29, 0.717) is 24.8 Å². The van der Waals surface area contributed by atoms with Crippen LogP contribution in [0.15, 0.2) is 42.5 Å². The van der Waals surface area contributed by atoms with E-state index in [9.17, 15) is 14.7 Å². The summed E-state index contributed by atoms with van der Waals surface area (Å²) in [5.74, 6) is -0.643. The van der Waals surface area contributed by atoms with Gasteiger partial charge in [-0.15, -0.1) is 0 Å². The second kappa shape index (κ2) is 17.9. The largest absolute Gasteiger partial charge is 0.460 e. The zero-order chi connectivity index (χ0) is 21.9. The van der Waals surface area contributed by atoms with Crippen LogP contribution in [-0.2, 0) is 14.3 Å². The normalized spacial score (nSPS) is 13.3. The molecule has 0 bridgehead atoms. The molecular weight excluding hydrogens is 376 g/mol. The fourth-order valence-electron chi connectivity index (χ4n) is 3.43. The highest BCUT2D eigenvalue weighted by Crippen LogP contribution is 2.19. The first kappa shape index (κ1) is 26.1. The molecule has 2 atom stereocenters. The van der Waals surface area contributed by atoms with E-state index in [4.69, 9.17) is 4.74 Å². The number of rotatable bonds is 18. The molecule has 0 saturated carbocycles. The minimum atomic E-state index is -1.28. The Bertz CT molecular complexity index is 582. The highest BCUT2D eigenvalue weighted by atomic mass is 16.6. The Labute approximate surface area is 182 Å². The third-order valence-corrected chi connectivity index (χ3v) is 5.27. The summed E-state index contributed by atoms with van der Waals surface area (Å²) in [4.78, 5) is 23.0. The standard InChI is InChI=1S/C26H40O4/c1-2-3-4-5-6-7-8-9-10-11-12-16-20-24(21-17-22-27)30-26(29)25(28)23-18-14-13-15-19-23/h9-10,13-15,18-19,22,24-25,28H,2-8,11-12,16-17,20-21H2,1H3/b10-9-. The van der Waals surface area contributed by atoms with Crippen molar-refractivity contribution in [2.24, 2.45) is 0 Å². The van der Waals surface area contributed by atoms with Crippen LogP contribution in [0.2, 0.25) is 0 Å². The number of aliphatic hydroxyl groups is 1. The Hall–Kier alpha value is -1.94. The average Bonchev–Trinajstić information content (AvgIpc) is 2.77. The van der Waals surface area contributed by atoms with Gasteiger partial charge in [-0.2, -0.15) is 0 Å². The first-order chi connectivity index (χ1) is 14.7. The molecular formula is C26H40O4. The van der Waals surface area contributed by atoms with Gasteiger partial charge in [0.1, 0.15) is 12.4 Å². The van der Waals surface area contributed by atoms with Crippen LogP contribution >= 0.6 is 0 Å². The van der Waals surface area contributed by atoms with Gasteiger partial charge in [0.25, 0.3) is 0 Å². The van der Waals surface area contributed by atoms with E-state index in [0.717, 1.165) is 32.0 Å². The molecule has 0 aliphatic rings. The molecule has 4 nitrogen and oxygen atoms in total. The number of esters is 1. The number of benzene rings is 1. The molecule has 168 valence electrons. The Kier molecular flexibility index (Phi) is 15.6. The number of carbonyl (C=O) groups is 2. The lowest BCUT2D eigenvalue weighted by atomic mass is 10.1. The Morgan fingerprint density at radius 2 is 1.53 bits per heavy atom. The summed E-state index contributed by atoms with van der Waals surface area (Å²) in [6, 6.07) is 8.77. The number of aldehydes is 1. The fraction of sp³-hybridized carbons (Fsp3) is 0.615. The van der Waals surface area contributed by atoms with Crippen molar-refractivity contribution in [2.45, 2.75) is 103 Å². The van der Waals surface area contributed by atoms with Gasteiger partial charge < -0.3 is 14.6 Å². The summed E-state index contributed by atoms with van der Waals surface area (Å²) in [5, 5.41) is 10.2. The Morgan fingerprint density at radius 3 is 2.20 bits per heavy atom. The quantitative estimate of drug-likeness (QED) is 0.129. The number of aliphatic hydroxyl groups excluding tert-OH is 1. The molecule has 0 spiro atoms. The highest BCUT2D eigenvalue weighted by Gasteiger charge is 2.22. The lowest BCUT2D eigenvalue weighted by Crippen LogP contribution is -2.23. The van der Waals surface area contributed by atoms with Crippen molar-refractivity contribution in [1.82, 2.24) is 0 Å². The molecule has 30 heavy (non-hydrogen) atoms. The molecule has 2 unspecified atom stereocenters. The van der Waals surface area contributed by atoms with E-state index < -0.39 is 12.1 Å². The fourth-order valence-corrected chi connectivity index (χ4v) is 3.43. The number of ether oxygens (including phenoxy) is 1. The first-order valence-corrected chi connectivity index (χ1v) is 11.7. The highest BCUT2D eigenvalue weighted by molar-refractivity contribution is 5.76. The number of hydrogen-bond donors (Lipinski definition) is 1. The van der Waals surface area contributed by atoms with Crippen molar-refractivity contribution in [1.29, 1.82) is 0 Å². The van der Waals surface area contributed by atoms with Gasteiger partial charge in [0.2, 0.25) is 0 Å². The molecule has 1 rings (SSSR count). The monoisotopic (exact) mass is 416 g/mol. The number of unbranched alkanes of at least 4 members (excludes halogenated alkanes) is 8. The molecule has 0 aromatic heterocycles. The Morgan fingerprint density at radius 1 is 0.900 bits per heavy atom. The van der Waals surface area contributed by atoms with Crippen LogP contribution in [0.5, 0.6) is 0 Å². The van der Waals surface area contributed by atoms with Gasteiger partial charge in [-0.05, 0) is 50.5 Å². The molecule has 0 fully saturated rings. The van der Waals surface area contributed by atoms with Crippen molar-refractivity contribution in [2.75, 3.05) is 0 Å². The minimum absolute atomic E-state index is 0.326. The van der Waals surface area contributed by atoms with Crippen molar-refractivity contribution in [3.05, 3.63) is 48.0 Å². The molecule has 0 aliphatic heterocycles. The molecule has 0 aliphatic carbocycles. The van der Waals surface area contributed by atoms with Crippen LogP contribution in [0, 0.1) is 0 Å². The number of allylic oxidation sites excluding steroid dienone is 2. The predicted octanol–water partition coefficient (Wildman–Crippen LogP) is 6.48. The molecule has 0 radical (unpaired) electrons. The third-order valence-electron chi connectivity index (χ3n) is 5.27. The lowest BCUT2D eigenvalue weighted by Gasteiger charge is -2.19. The van der Waals surface area contributed by atoms with Crippen molar-refractivity contribution in [3.63, 3.8) is 0 Å². The van der Waals surface area contributed by atoms with E-state index in [1.165, 1.54) is 38.5 Å². The predicted molar refractivity (Wildman–Crippen MR) is 122 cm³/mol. The van der Waals surface area contributed by atoms with Crippen LogP contribution < -0.4 is 0 Å². The molecule has 0 saturated heterocycles. The number of carbonyl (C=O) groups excluding carboxylic acids is 2. The molecule has 4 heteroatoms. The summed E-state index contributed by atoms with van der Waals surface area (Å²) < 4.78 is 5.50. The van der Waals surface area contributed by atoms with E-state index in [-0.39, 0.29) is 6.10 Å². The summed E-state index contributed by atoms with van der Waals surface area (Å²) in [7, 11) is 0. The van der Waals surface area contributed by atoms with Crippen LogP contribution in [0.4, 0.5) is 0 Å². The molecule has 0 heterocycles. The maximum absolute atomic E-state index is 12.3. The zero-order valence-corrected chi connectivity index (χ0v) is 18.6. The van der Waals surface area contributed by atoms with Crippen LogP contribution in [0.25, 0.3) is 0 Å². The lowest BCUT2D eigenvalue weighted by molar-refractivity contribution is -0.160. The van der Waals surface area contributed by atoms with Crippen LogP contribution in [0.3, 0.4) is 0 Å². The van der Waals surface area contributed by atoms with Gasteiger partial charge in [0, 0.05) is 6.42 Å². The van der Waals surface area contributed by atoms with Gasteiger partial charge in [-0.1, -0.05) is 81.5 Å². The van der Waals surface area contributed by atoms with Gasteiger partial charge in [-0.25, -0.2) is 4.79 Å². The van der Waals surface area contributed by atoms with E-state index in [2.05, 4.69) is 19.1 Å². The van der Waals surface area contributed by atoms with Gasteiger partial charge in [0.05, 0.1) is 0 Å². The van der Waals surface area contributed by atoms with Crippen molar-refractivity contribution in [3.8, 4) is 0 Å². The van der Waals surface area contributed by atoms with Crippen molar-refractivity contribution >= 4 is 12.3 Å². The topological polar surface area (TPSA) is 63.6 Å². The number of hydrogen-bond acceptors (Lipinski definition) is 4. The van der Waals surface area contributed by atoms with Gasteiger partial charge >= 0.3 is 5.97 Å².